The highest BCUT2D eigenvalue weighted by Crippen LogP contribution is 2.27. The standard InChI is InChI=1S/C20H17ClN2O3S/c21-15-5-7-18-22-16(9-19(24)23(18)10-15)11-26-20(25)12-27-17-6-4-13-2-1-3-14(13)8-17/h4-10H,1-3,11-12H2. The van der Waals surface area contributed by atoms with Crippen molar-refractivity contribution in [3.05, 3.63) is 74.8 Å². The fraction of sp³-hybridized carbons (Fsp3) is 0.250. The highest BCUT2D eigenvalue weighted by Gasteiger charge is 2.12. The first-order chi connectivity index (χ1) is 13.1. The molecule has 7 heteroatoms. The number of hydrogen-bond acceptors (Lipinski definition) is 5. The molecule has 4 rings (SSSR count). The van der Waals surface area contributed by atoms with Gasteiger partial charge in [0.1, 0.15) is 12.3 Å². The number of aryl methyl sites for hydroxylation is 2. The maximum atomic E-state index is 12.1. The Morgan fingerprint density at radius 1 is 1.19 bits per heavy atom. The van der Waals surface area contributed by atoms with Crippen LogP contribution in [-0.2, 0) is 29.0 Å². The number of hydrogen-bond donors (Lipinski definition) is 0. The Labute approximate surface area is 165 Å². The van der Waals surface area contributed by atoms with Gasteiger partial charge >= 0.3 is 5.97 Å². The highest BCUT2D eigenvalue weighted by atomic mass is 35.5. The van der Waals surface area contributed by atoms with E-state index in [1.165, 1.54) is 46.0 Å². The van der Waals surface area contributed by atoms with Gasteiger partial charge in [-0.1, -0.05) is 17.7 Å². The molecule has 2 heterocycles. The van der Waals surface area contributed by atoms with Crippen LogP contribution in [0.15, 0.2) is 52.3 Å². The van der Waals surface area contributed by atoms with Crippen LogP contribution in [0.4, 0.5) is 0 Å². The van der Waals surface area contributed by atoms with Crippen LogP contribution < -0.4 is 5.56 Å². The van der Waals surface area contributed by atoms with Crippen molar-refractivity contribution in [3.63, 3.8) is 0 Å². The summed E-state index contributed by atoms with van der Waals surface area (Å²) in [5, 5.41) is 0.453. The highest BCUT2D eigenvalue weighted by molar-refractivity contribution is 8.00. The molecule has 0 saturated heterocycles. The van der Waals surface area contributed by atoms with Gasteiger partial charge in [-0.15, -0.1) is 11.8 Å². The lowest BCUT2D eigenvalue weighted by Gasteiger charge is -2.07. The van der Waals surface area contributed by atoms with E-state index in [1.54, 1.807) is 12.1 Å². The Bertz CT molecular complexity index is 1080. The Morgan fingerprint density at radius 2 is 2.04 bits per heavy atom. The van der Waals surface area contributed by atoms with Crippen molar-refractivity contribution in [2.24, 2.45) is 0 Å². The molecule has 0 atom stereocenters. The van der Waals surface area contributed by atoms with Crippen molar-refractivity contribution in [1.82, 2.24) is 9.38 Å². The number of esters is 1. The molecule has 3 aromatic rings. The third-order valence-electron chi connectivity index (χ3n) is 4.48. The van der Waals surface area contributed by atoms with E-state index in [4.69, 9.17) is 16.3 Å². The lowest BCUT2D eigenvalue weighted by atomic mass is 10.1. The van der Waals surface area contributed by atoms with Gasteiger partial charge in [-0.2, -0.15) is 0 Å². The van der Waals surface area contributed by atoms with Crippen molar-refractivity contribution in [3.8, 4) is 0 Å². The Hall–Kier alpha value is -2.31. The lowest BCUT2D eigenvalue weighted by molar-refractivity contribution is -0.141. The molecule has 0 aliphatic heterocycles. The summed E-state index contributed by atoms with van der Waals surface area (Å²) < 4.78 is 6.63. The summed E-state index contributed by atoms with van der Waals surface area (Å²) in [5.41, 5.74) is 3.41. The summed E-state index contributed by atoms with van der Waals surface area (Å²) in [6.07, 6.45) is 4.97. The minimum Gasteiger partial charge on any atom is -0.459 e. The Kier molecular flexibility index (Phi) is 5.18. The zero-order valence-electron chi connectivity index (χ0n) is 14.5. The van der Waals surface area contributed by atoms with Gasteiger partial charge in [0, 0.05) is 17.2 Å². The van der Waals surface area contributed by atoms with Gasteiger partial charge in [0.15, 0.2) is 0 Å². The van der Waals surface area contributed by atoms with Crippen LogP contribution in [0.1, 0.15) is 23.2 Å². The molecule has 0 unspecified atom stereocenters. The molecular weight excluding hydrogens is 384 g/mol. The predicted octanol–water partition coefficient (Wildman–Crippen LogP) is 3.67. The molecule has 138 valence electrons. The van der Waals surface area contributed by atoms with Gasteiger partial charge in [-0.05, 0) is 54.7 Å². The molecule has 0 bridgehead atoms. The van der Waals surface area contributed by atoms with E-state index in [0.29, 0.717) is 16.4 Å². The number of pyridine rings is 1. The summed E-state index contributed by atoms with van der Waals surface area (Å²) in [7, 11) is 0. The number of aromatic nitrogens is 2. The summed E-state index contributed by atoms with van der Waals surface area (Å²) in [4.78, 5) is 29.6. The number of ether oxygens (including phenoxy) is 1. The van der Waals surface area contributed by atoms with Gasteiger partial charge in [0.25, 0.3) is 5.56 Å². The molecule has 27 heavy (non-hydrogen) atoms. The maximum Gasteiger partial charge on any atom is 0.316 e. The second-order valence-electron chi connectivity index (χ2n) is 6.39. The minimum absolute atomic E-state index is 0.0298. The smallest absolute Gasteiger partial charge is 0.316 e. The van der Waals surface area contributed by atoms with Crippen LogP contribution in [0, 0.1) is 0 Å². The van der Waals surface area contributed by atoms with Crippen molar-refractivity contribution in [2.75, 3.05) is 5.75 Å². The summed E-state index contributed by atoms with van der Waals surface area (Å²) >= 11 is 7.35. The maximum absolute atomic E-state index is 12.1. The summed E-state index contributed by atoms with van der Waals surface area (Å²) in [6, 6.07) is 11.0. The predicted molar refractivity (Wildman–Crippen MR) is 105 cm³/mol. The number of fused-ring (bicyclic) bond motifs is 2. The van der Waals surface area contributed by atoms with Crippen molar-refractivity contribution in [1.29, 1.82) is 0 Å². The molecule has 0 saturated carbocycles. The van der Waals surface area contributed by atoms with Gasteiger partial charge in [0.05, 0.1) is 16.5 Å². The van der Waals surface area contributed by atoms with Crippen molar-refractivity contribution >= 4 is 35.0 Å². The molecule has 5 nitrogen and oxygen atoms in total. The average Bonchev–Trinajstić information content (AvgIpc) is 3.13. The summed E-state index contributed by atoms with van der Waals surface area (Å²) in [6.45, 7) is -0.0298. The van der Waals surface area contributed by atoms with Gasteiger partial charge < -0.3 is 4.74 Å². The molecule has 0 radical (unpaired) electrons. The lowest BCUT2D eigenvalue weighted by Crippen LogP contribution is -2.17. The SMILES string of the molecule is O=C(CSc1ccc2c(c1)CCC2)OCc1cc(=O)n2cc(Cl)ccc2n1. The van der Waals surface area contributed by atoms with E-state index in [1.807, 2.05) is 0 Å². The second kappa shape index (κ2) is 7.74. The minimum atomic E-state index is -0.335. The quantitative estimate of drug-likeness (QED) is 0.483. The molecule has 2 aromatic heterocycles. The fourth-order valence-electron chi connectivity index (χ4n) is 3.18. The molecule has 0 amide bonds. The Morgan fingerprint density at radius 3 is 2.93 bits per heavy atom. The van der Waals surface area contributed by atoms with Crippen LogP contribution in [0.25, 0.3) is 5.65 Å². The molecule has 1 aliphatic carbocycles. The summed E-state index contributed by atoms with van der Waals surface area (Å²) in [5.74, 6) is -0.111. The average molecular weight is 401 g/mol. The number of halogens is 1. The first-order valence-corrected chi connectivity index (χ1v) is 10.0. The molecule has 0 N–H and O–H groups in total. The van der Waals surface area contributed by atoms with Crippen LogP contribution in [0.2, 0.25) is 5.02 Å². The van der Waals surface area contributed by atoms with Crippen LogP contribution in [0.5, 0.6) is 0 Å². The van der Waals surface area contributed by atoms with Crippen molar-refractivity contribution < 1.29 is 9.53 Å². The largest absolute Gasteiger partial charge is 0.459 e. The van der Waals surface area contributed by atoms with E-state index < -0.39 is 0 Å². The Balaban J connectivity index is 1.36. The van der Waals surface area contributed by atoms with Gasteiger partial charge in [-0.3, -0.25) is 14.0 Å². The number of nitrogens with zero attached hydrogens (tertiary/aromatic N) is 2. The molecular formula is C20H17ClN2O3S. The monoisotopic (exact) mass is 400 g/mol. The molecule has 1 aromatic carbocycles. The van der Waals surface area contributed by atoms with Gasteiger partial charge in [-0.25, -0.2) is 4.98 Å². The zero-order chi connectivity index (χ0) is 18.8. The molecule has 1 aliphatic rings. The third-order valence-corrected chi connectivity index (χ3v) is 5.68. The first kappa shape index (κ1) is 18.1. The topological polar surface area (TPSA) is 60.7 Å². The fourth-order valence-corrected chi connectivity index (χ4v) is 4.09. The number of carbonyl (C=O) groups is 1. The number of thioether (sulfide) groups is 1. The van der Waals surface area contributed by atoms with E-state index in [2.05, 4.69) is 23.2 Å². The van der Waals surface area contributed by atoms with E-state index >= 15 is 0 Å². The zero-order valence-corrected chi connectivity index (χ0v) is 16.1. The van der Waals surface area contributed by atoms with E-state index in [-0.39, 0.29) is 23.9 Å². The van der Waals surface area contributed by atoms with Crippen LogP contribution >= 0.6 is 23.4 Å². The molecule has 0 fully saturated rings. The van der Waals surface area contributed by atoms with E-state index in [0.717, 1.165) is 17.7 Å². The number of carbonyl (C=O) groups excluding carboxylic acids is 1. The normalized spacial score (nSPS) is 12.9. The number of rotatable bonds is 5. The third kappa shape index (κ3) is 4.17. The second-order valence-corrected chi connectivity index (χ2v) is 7.88. The van der Waals surface area contributed by atoms with Crippen LogP contribution in [0.3, 0.4) is 0 Å². The van der Waals surface area contributed by atoms with Crippen LogP contribution in [-0.4, -0.2) is 21.1 Å². The van der Waals surface area contributed by atoms with E-state index in [9.17, 15) is 9.59 Å². The number of benzene rings is 1. The van der Waals surface area contributed by atoms with Gasteiger partial charge in [0.2, 0.25) is 0 Å². The van der Waals surface area contributed by atoms with Crippen molar-refractivity contribution in [2.45, 2.75) is 30.8 Å². The molecule has 0 spiro atoms. The first-order valence-electron chi connectivity index (χ1n) is 8.66.